The molecule has 0 bridgehead atoms. The van der Waals surface area contributed by atoms with Crippen molar-refractivity contribution in [3.8, 4) is 0 Å². The third-order valence-electron chi connectivity index (χ3n) is 4.15. The zero-order valence-electron chi connectivity index (χ0n) is 13.6. The van der Waals surface area contributed by atoms with Gasteiger partial charge in [-0.3, -0.25) is 0 Å². The summed E-state index contributed by atoms with van der Waals surface area (Å²) >= 11 is 0. The number of carbonyl (C=O) groups is 1. The maximum absolute atomic E-state index is 12.6. The van der Waals surface area contributed by atoms with Crippen molar-refractivity contribution in [3.63, 3.8) is 0 Å². The van der Waals surface area contributed by atoms with Gasteiger partial charge in [-0.15, -0.1) is 0 Å². The van der Waals surface area contributed by atoms with Gasteiger partial charge >= 0.3 is 5.97 Å². The molecule has 0 saturated heterocycles. The molecule has 0 saturated carbocycles. The number of rotatable bonds is 3. The molecule has 1 aliphatic rings. The third-order valence-corrected chi connectivity index (χ3v) is 4.15. The normalized spacial score (nSPS) is 13.4. The second-order valence-corrected chi connectivity index (χ2v) is 5.78. The number of hydrogen-bond donors (Lipinski definition) is 0. The molecule has 4 rings (SSSR count). The number of ether oxygens (including phenoxy) is 1. The Morgan fingerprint density at radius 2 is 1.12 bits per heavy atom. The van der Waals surface area contributed by atoms with E-state index in [1.165, 1.54) is 0 Å². The summed E-state index contributed by atoms with van der Waals surface area (Å²) in [7, 11) is 0. The van der Waals surface area contributed by atoms with Crippen LogP contribution in [0.15, 0.2) is 103 Å². The second kappa shape index (κ2) is 6.62. The summed E-state index contributed by atoms with van der Waals surface area (Å²) in [6.45, 7) is 0. The minimum absolute atomic E-state index is 0.318. The summed E-state index contributed by atoms with van der Waals surface area (Å²) in [5.74, 6) is 0.270. The van der Waals surface area contributed by atoms with Crippen LogP contribution in [0.1, 0.15) is 16.7 Å². The van der Waals surface area contributed by atoms with Crippen LogP contribution in [-0.2, 0) is 9.53 Å². The molecule has 0 fully saturated rings. The lowest BCUT2D eigenvalue weighted by molar-refractivity contribution is -0.130. The molecule has 120 valence electrons. The molecule has 0 unspecified atom stereocenters. The van der Waals surface area contributed by atoms with E-state index in [1.54, 1.807) is 0 Å². The first kappa shape index (κ1) is 15.2. The van der Waals surface area contributed by atoms with Crippen LogP contribution in [0.2, 0.25) is 0 Å². The van der Waals surface area contributed by atoms with Crippen LogP contribution in [0.25, 0.3) is 11.3 Å². The lowest BCUT2D eigenvalue weighted by atomic mass is 9.93. The first-order valence-corrected chi connectivity index (χ1v) is 8.17. The quantitative estimate of drug-likeness (QED) is 0.496. The molecule has 1 aliphatic heterocycles. The molecule has 25 heavy (non-hydrogen) atoms. The number of hydrogen-bond acceptors (Lipinski definition) is 2. The van der Waals surface area contributed by atoms with Gasteiger partial charge in [-0.05, 0) is 17.2 Å². The SMILES string of the molecule is O=C1OC(c2ccccc2)=CC1=C(c1ccccc1)c1ccccc1. The van der Waals surface area contributed by atoms with Crippen LogP contribution in [0.5, 0.6) is 0 Å². The monoisotopic (exact) mass is 324 g/mol. The molecule has 2 heteroatoms. The summed E-state index contributed by atoms with van der Waals surface area (Å²) < 4.78 is 5.55. The van der Waals surface area contributed by atoms with E-state index < -0.39 is 0 Å². The molecule has 0 aliphatic carbocycles. The minimum atomic E-state index is -0.318. The van der Waals surface area contributed by atoms with Crippen LogP contribution < -0.4 is 0 Å². The van der Waals surface area contributed by atoms with E-state index in [2.05, 4.69) is 0 Å². The summed E-state index contributed by atoms with van der Waals surface area (Å²) in [6, 6.07) is 29.5. The van der Waals surface area contributed by atoms with Gasteiger partial charge in [0.1, 0.15) is 5.76 Å². The summed E-state index contributed by atoms with van der Waals surface area (Å²) in [4.78, 5) is 12.6. The van der Waals surface area contributed by atoms with Crippen LogP contribution in [0.4, 0.5) is 0 Å². The maximum atomic E-state index is 12.6. The average molecular weight is 324 g/mol. The summed E-state index contributed by atoms with van der Waals surface area (Å²) in [5.41, 5.74) is 4.34. The van der Waals surface area contributed by atoms with Crippen molar-refractivity contribution in [2.45, 2.75) is 0 Å². The van der Waals surface area contributed by atoms with E-state index in [0.29, 0.717) is 11.3 Å². The van der Waals surface area contributed by atoms with Gasteiger partial charge in [0.2, 0.25) is 0 Å². The molecule has 3 aromatic rings. The van der Waals surface area contributed by atoms with Gasteiger partial charge in [0.05, 0.1) is 5.57 Å². The van der Waals surface area contributed by atoms with E-state index in [-0.39, 0.29) is 5.97 Å². The molecule has 0 amide bonds. The number of carbonyl (C=O) groups excluding carboxylic acids is 1. The highest BCUT2D eigenvalue weighted by molar-refractivity contribution is 6.10. The van der Waals surface area contributed by atoms with Crippen molar-refractivity contribution in [2.24, 2.45) is 0 Å². The van der Waals surface area contributed by atoms with Crippen molar-refractivity contribution < 1.29 is 9.53 Å². The fourth-order valence-corrected chi connectivity index (χ4v) is 2.98. The number of esters is 1. The van der Waals surface area contributed by atoms with Gasteiger partial charge in [0.25, 0.3) is 0 Å². The maximum Gasteiger partial charge on any atom is 0.344 e. The molecule has 0 radical (unpaired) electrons. The lowest BCUT2D eigenvalue weighted by Gasteiger charge is -2.10. The molecule has 2 nitrogen and oxygen atoms in total. The first-order valence-electron chi connectivity index (χ1n) is 8.17. The van der Waals surface area contributed by atoms with Crippen molar-refractivity contribution in [3.05, 3.63) is 119 Å². The van der Waals surface area contributed by atoms with Crippen LogP contribution in [0, 0.1) is 0 Å². The number of benzene rings is 3. The van der Waals surface area contributed by atoms with Crippen molar-refractivity contribution >= 4 is 17.3 Å². The summed E-state index contributed by atoms with van der Waals surface area (Å²) in [5, 5.41) is 0. The topological polar surface area (TPSA) is 26.3 Å². The molecule has 3 aromatic carbocycles. The Kier molecular flexibility index (Phi) is 4.01. The highest BCUT2D eigenvalue weighted by Gasteiger charge is 2.26. The van der Waals surface area contributed by atoms with Gasteiger partial charge in [-0.1, -0.05) is 91.0 Å². The molecule has 0 aromatic heterocycles. The fourth-order valence-electron chi connectivity index (χ4n) is 2.98. The highest BCUT2D eigenvalue weighted by atomic mass is 16.5. The fraction of sp³-hybridized carbons (Fsp3) is 0. The Morgan fingerprint density at radius 3 is 1.64 bits per heavy atom. The van der Waals surface area contributed by atoms with E-state index in [1.807, 2.05) is 97.1 Å². The standard InChI is InChI=1S/C23H16O2/c24-23-20(16-21(25-23)17-10-4-1-5-11-17)22(18-12-6-2-7-13-18)19-14-8-3-9-15-19/h1-16H. The largest absolute Gasteiger partial charge is 0.422 e. The van der Waals surface area contributed by atoms with Gasteiger partial charge in [0, 0.05) is 11.1 Å². The van der Waals surface area contributed by atoms with E-state index in [9.17, 15) is 4.79 Å². The lowest BCUT2D eigenvalue weighted by Crippen LogP contribution is -2.02. The Bertz CT molecular complexity index is 911. The summed E-state index contributed by atoms with van der Waals surface area (Å²) in [6.07, 6.45) is 1.84. The molecule has 0 atom stereocenters. The highest BCUT2D eigenvalue weighted by Crippen LogP contribution is 2.34. The Morgan fingerprint density at radius 1 is 0.640 bits per heavy atom. The van der Waals surface area contributed by atoms with Crippen molar-refractivity contribution in [1.82, 2.24) is 0 Å². The van der Waals surface area contributed by atoms with Crippen LogP contribution in [-0.4, -0.2) is 5.97 Å². The molecule has 1 heterocycles. The van der Waals surface area contributed by atoms with Crippen LogP contribution >= 0.6 is 0 Å². The Balaban J connectivity index is 1.91. The van der Waals surface area contributed by atoms with E-state index >= 15 is 0 Å². The van der Waals surface area contributed by atoms with Crippen LogP contribution in [0.3, 0.4) is 0 Å². The number of cyclic esters (lactones) is 1. The van der Waals surface area contributed by atoms with Crippen molar-refractivity contribution in [1.29, 1.82) is 0 Å². The van der Waals surface area contributed by atoms with Gasteiger partial charge < -0.3 is 4.74 Å². The smallest absolute Gasteiger partial charge is 0.344 e. The Labute approximate surface area is 146 Å². The zero-order valence-corrected chi connectivity index (χ0v) is 13.6. The van der Waals surface area contributed by atoms with Gasteiger partial charge in [0.15, 0.2) is 0 Å². The Hall–Kier alpha value is -3.39. The predicted octanol–water partition coefficient (Wildman–Crippen LogP) is 5.09. The zero-order chi connectivity index (χ0) is 17.1. The molecule has 0 N–H and O–H groups in total. The van der Waals surface area contributed by atoms with Gasteiger partial charge in [-0.2, -0.15) is 0 Å². The molecular weight excluding hydrogens is 308 g/mol. The minimum Gasteiger partial charge on any atom is -0.422 e. The molecule has 0 spiro atoms. The second-order valence-electron chi connectivity index (χ2n) is 5.78. The predicted molar refractivity (Wildman–Crippen MR) is 99.4 cm³/mol. The van der Waals surface area contributed by atoms with Crippen molar-refractivity contribution in [2.75, 3.05) is 0 Å². The third kappa shape index (κ3) is 3.02. The van der Waals surface area contributed by atoms with Gasteiger partial charge in [-0.25, -0.2) is 4.79 Å². The first-order chi connectivity index (χ1) is 12.3. The van der Waals surface area contributed by atoms with E-state index in [4.69, 9.17) is 4.74 Å². The average Bonchev–Trinajstić information content (AvgIpc) is 3.06. The van der Waals surface area contributed by atoms with E-state index in [0.717, 1.165) is 22.3 Å². The molecular formula is C23H16O2.